The van der Waals surface area contributed by atoms with Crippen LogP contribution >= 0.6 is 0 Å². The molecule has 1 fully saturated rings. The summed E-state index contributed by atoms with van der Waals surface area (Å²) in [7, 11) is 0. The fourth-order valence-corrected chi connectivity index (χ4v) is 1.77. The molecule has 1 heterocycles. The van der Waals surface area contributed by atoms with Crippen LogP contribution < -0.4 is 0 Å². The molecule has 1 rings (SSSR count). The van der Waals surface area contributed by atoms with Crippen LogP contribution in [-0.4, -0.2) is 24.4 Å². The van der Waals surface area contributed by atoms with Crippen LogP contribution in [0.5, 0.6) is 0 Å². The van der Waals surface area contributed by atoms with Gasteiger partial charge in [0.2, 0.25) is 0 Å². The van der Waals surface area contributed by atoms with Gasteiger partial charge in [-0.3, -0.25) is 0 Å². The Morgan fingerprint density at radius 2 is 2.27 bits per heavy atom. The van der Waals surface area contributed by atoms with Crippen molar-refractivity contribution in [2.24, 2.45) is 11.8 Å². The number of aliphatic hydroxyl groups is 1. The third kappa shape index (κ3) is 2.17. The summed E-state index contributed by atoms with van der Waals surface area (Å²) in [5.74, 6) is 0.993. The average molecular weight is 158 g/mol. The van der Waals surface area contributed by atoms with E-state index in [4.69, 9.17) is 4.74 Å². The highest BCUT2D eigenvalue weighted by Crippen LogP contribution is 2.25. The predicted octanol–water partition coefficient (Wildman–Crippen LogP) is 1.43. The number of aliphatic hydroxyl groups excluding tert-OH is 1. The topological polar surface area (TPSA) is 29.5 Å². The van der Waals surface area contributed by atoms with Crippen molar-refractivity contribution in [3.05, 3.63) is 0 Å². The molecule has 0 aromatic heterocycles. The Bertz CT molecular complexity index is 114. The zero-order valence-electron chi connectivity index (χ0n) is 7.42. The van der Waals surface area contributed by atoms with Crippen molar-refractivity contribution < 1.29 is 9.84 Å². The monoisotopic (exact) mass is 158 g/mol. The van der Waals surface area contributed by atoms with E-state index in [9.17, 15) is 5.11 Å². The molecule has 66 valence electrons. The summed E-state index contributed by atoms with van der Waals surface area (Å²) < 4.78 is 5.19. The summed E-state index contributed by atoms with van der Waals surface area (Å²) in [6.07, 6.45) is 2.19. The van der Waals surface area contributed by atoms with Crippen LogP contribution in [-0.2, 0) is 4.74 Å². The molecule has 2 heteroatoms. The average Bonchev–Trinajstić information content (AvgIpc) is 2.36. The fraction of sp³-hybridized carbons (Fsp3) is 1.00. The zero-order chi connectivity index (χ0) is 8.27. The molecule has 3 atom stereocenters. The number of hydrogen-bond donors (Lipinski definition) is 1. The Morgan fingerprint density at radius 1 is 1.55 bits per heavy atom. The molecule has 0 aliphatic carbocycles. The molecule has 2 nitrogen and oxygen atoms in total. The van der Waals surface area contributed by atoms with Crippen LogP contribution in [0.25, 0.3) is 0 Å². The minimum absolute atomic E-state index is 0.212. The van der Waals surface area contributed by atoms with Crippen LogP contribution in [0.4, 0.5) is 0 Å². The normalized spacial score (nSPS) is 34.1. The molecular weight excluding hydrogens is 140 g/mol. The summed E-state index contributed by atoms with van der Waals surface area (Å²) in [6, 6.07) is 0. The second-order valence-corrected chi connectivity index (χ2v) is 3.53. The van der Waals surface area contributed by atoms with Crippen molar-refractivity contribution in [1.29, 1.82) is 0 Å². The third-order valence-electron chi connectivity index (χ3n) is 2.57. The van der Waals surface area contributed by atoms with Gasteiger partial charge in [0, 0.05) is 5.92 Å². The first-order valence-corrected chi connectivity index (χ1v) is 4.51. The standard InChI is InChI=1S/C9H18O2/c1-3-4-7(2)8-5-11-6-9(8)10/h7-10H,3-6H2,1-2H3/t7?,8-,9+/m0/s1. The minimum Gasteiger partial charge on any atom is -0.390 e. The SMILES string of the molecule is CCCC(C)[C@@H]1COC[C@H]1O. The first-order valence-electron chi connectivity index (χ1n) is 4.51. The predicted molar refractivity (Wildman–Crippen MR) is 44.4 cm³/mol. The molecule has 0 radical (unpaired) electrons. The van der Waals surface area contributed by atoms with Gasteiger partial charge in [0.05, 0.1) is 19.3 Å². The molecule has 0 spiro atoms. The maximum absolute atomic E-state index is 9.46. The van der Waals surface area contributed by atoms with E-state index >= 15 is 0 Å². The van der Waals surface area contributed by atoms with E-state index in [1.165, 1.54) is 12.8 Å². The van der Waals surface area contributed by atoms with E-state index in [1.54, 1.807) is 0 Å². The first-order chi connectivity index (χ1) is 5.25. The Morgan fingerprint density at radius 3 is 2.73 bits per heavy atom. The van der Waals surface area contributed by atoms with Crippen molar-refractivity contribution in [3.63, 3.8) is 0 Å². The van der Waals surface area contributed by atoms with Crippen molar-refractivity contribution in [2.75, 3.05) is 13.2 Å². The van der Waals surface area contributed by atoms with Gasteiger partial charge < -0.3 is 9.84 Å². The Balaban J connectivity index is 2.33. The highest BCUT2D eigenvalue weighted by Gasteiger charge is 2.30. The van der Waals surface area contributed by atoms with E-state index in [0.29, 0.717) is 18.4 Å². The smallest absolute Gasteiger partial charge is 0.0826 e. The third-order valence-corrected chi connectivity index (χ3v) is 2.57. The molecule has 11 heavy (non-hydrogen) atoms. The van der Waals surface area contributed by atoms with Crippen LogP contribution in [0.2, 0.25) is 0 Å². The van der Waals surface area contributed by atoms with E-state index in [1.807, 2.05) is 0 Å². The lowest BCUT2D eigenvalue weighted by Gasteiger charge is -2.19. The summed E-state index contributed by atoms with van der Waals surface area (Å²) in [5, 5.41) is 9.46. The van der Waals surface area contributed by atoms with Crippen molar-refractivity contribution in [3.8, 4) is 0 Å². The maximum Gasteiger partial charge on any atom is 0.0826 e. The molecule has 0 aromatic rings. The molecule has 0 saturated carbocycles. The van der Waals surface area contributed by atoms with Gasteiger partial charge in [-0.25, -0.2) is 0 Å². The number of rotatable bonds is 3. The molecule has 1 N–H and O–H groups in total. The van der Waals surface area contributed by atoms with Crippen molar-refractivity contribution in [2.45, 2.75) is 32.8 Å². The molecule has 1 saturated heterocycles. The van der Waals surface area contributed by atoms with Crippen LogP contribution in [0.15, 0.2) is 0 Å². The molecule has 1 aliphatic heterocycles. The quantitative estimate of drug-likeness (QED) is 0.673. The highest BCUT2D eigenvalue weighted by molar-refractivity contribution is 4.78. The Hall–Kier alpha value is -0.0800. The van der Waals surface area contributed by atoms with Gasteiger partial charge in [0.25, 0.3) is 0 Å². The van der Waals surface area contributed by atoms with Gasteiger partial charge >= 0.3 is 0 Å². The van der Waals surface area contributed by atoms with E-state index in [0.717, 1.165) is 6.61 Å². The van der Waals surface area contributed by atoms with Gasteiger partial charge in [0.15, 0.2) is 0 Å². The summed E-state index contributed by atoms with van der Waals surface area (Å²) in [5.41, 5.74) is 0. The van der Waals surface area contributed by atoms with Crippen LogP contribution in [0, 0.1) is 11.8 Å². The number of hydrogen-bond acceptors (Lipinski definition) is 2. The second kappa shape index (κ2) is 4.07. The maximum atomic E-state index is 9.46. The zero-order valence-corrected chi connectivity index (χ0v) is 7.42. The number of ether oxygens (including phenoxy) is 1. The van der Waals surface area contributed by atoms with Gasteiger partial charge in [-0.2, -0.15) is 0 Å². The molecular formula is C9H18O2. The lowest BCUT2D eigenvalue weighted by atomic mass is 9.88. The van der Waals surface area contributed by atoms with Gasteiger partial charge in [-0.05, 0) is 5.92 Å². The van der Waals surface area contributed by atoms with Gasteiger partial charge in [0.1, 0.15) is 0 Å². The van der Waals surface area contributed by atoms with Gasteiger partial charge in [-0.15, -0.1) is 0 Å². The van der Waals surface area contributed by atoms with E-state index in [2.05, 4.69) is 13.8 Å². The summed E-state index contributed by atoms with van der Waals surface area (Å²) in [4.78, 5) is 0. The molecule has 0 aromatic carbocycles. The Kier molecular flexibility index (Phi) is 3.34. The lowest BCUT2D eigenvalue weighted by molar-refractivity contribution is 0.105. The van der Waals surface area contributed by atoms with Crippen LogP contribution in [0.3, 0.4) is 0 Å². The van der Waals surface area contributed by atoms with Gasteiger partial charge in [-0.1, -0.05) is 26.7 Å². The second-order valence-electron chi connectivity index (χ2n) is 3.53. The van der Waals surface area contributed by atoms with Crippen LogP contribution in [0.1, 0.15) is 26.7 Å². The van der Waals surface area contributed by atoms with E-state index in [-0.39, 0.29) is 6.10 Å². The summed E-state index contributed by atoms with van der Waals surface area (Å²) >= 11 is 0. The molecule has 0 bridgehead atoms. The molecule has 0 amide bonds. The Labute approximate surface area is 68.6 Å². The van der Waals surface area contributed by atoms with E-state index < -0.39 is 0 Å². The van der Waals surface area contributed by atoms with Crippen molar-refractivity contribution in [1.82, 2.24) is 0 Å². The molecule has 1 unspecified atom stereocenters. The first kappa shape index (κ1) is 9.01. The minimum atomic E-state index is -0.212. The highest BCUT2D eigenvalue weighted by atomic mass is 16.5. The molecule has 1 aliphatic rings. The summed E-state index contributed by atoms with van der Waals surface area (Å²) in [6.45, 7) is 5.67. The fourth-order valence-electron chi connectivity index (χ4n) is 1.77. The lowest BCUT2D eigenvalue weighted by Crippen LogP contribution is -2.24. The largest absolute Gasteiger partial charge is 0.390 e. The van der Waals surface area contributed by atoms with Crippen molar-refractivity contribution >= 4 is 0 Å².